The number of hydrogen-bond acceptors (Lipinski definition) is 0. The second-order valence-corrected chi connectivity index (χ2v) is 10.8. The highest BCUT2D eigenvalue weighted by Crippen LogP contribution is 2.54. The highest BCUT2D eigenvalue weighted by molar-refractivity contribution is 5.67. The molecule has 0 fully saturated rings. The van der Waals surface area contributed by atoms with Gasteiger partial charge in [-0.2, -0.15) is 4.57 Å². The number of fused-ring (bicyclic) bond motifs is 4. The van der Waals surface area contributed by atoms with Crippen LogP contribution in [0, 0.1) is 0 Å². The third kappa shape index (κ3) is 2.22. The van der Waals surface area contributed by atoms with Crippen LogP contribution in [0.15, 0.2) is 36.5 Å². The van der Waals surface area contributed by atoms with E-state index in [0.29, 0.717) is 0 Å². The van der Waals surface area contributed by atoms with E-state index in [-0.39, 0.29) is 21.8 Å². The average Bonchev–Trinajstić information content (AvgIpc) is 2.85. The molecule has 150 valence electrons. The van der Waals surface area contributed by atoms with E-state index in [4.69, 9.17) is 0 Å². The molecular weight excluding hydrogens is 338 g/mol. The lowest BCUT2D eigenvalue weighted by Gasteiger charge is -2.48. The van der Waals surface area contributed by atoms with Crippen molar-refractivity contribution in [1.82, 2.24) is 0 Å². The predicted molar refractivity (Wildman–Crippen MR) is 119 cm³/mol. The van der Waals surface area contributed by atoms with Gasteiger partial charge in [0.05, 0.1) is 11.0 Å². The van der Waals surface area contributed by atoms with Gasteiger partial charge in [0.25, 0.3) is 0 Å². The number of nitrogens with zero attached hydrogens (tertiary/aromatic N) is 1. The summed E-state index contributed by atoms with van der Waals surface area (Å²) >= 11 is 0. The van der Waals surface area contributed by atoms with Gasteiger partial charge in [-0.05, 0) is 47.8 Å². The van der Waals surface area contributed by atoms with Crippen LogP contribution < -0.4 is 4.57 Å². The van der Waals surface area contributed by atoms with Crippen LogP contribution in [0.25, 0.3) is 11.3 Å². The van der Waals surface area contributed by atoms with Gasteiger partial charge in [0, 0.05) is 24.5 Å². The van der Waals surface area contributed by atoms with Gasteiger partial charge in [-0.1, -0.05) is 66.7 Å². The Labute approximate surface area is 172 Å². The van der Waals surface area contributed by atoms with Crippen molar-refractivity contribution in [1.29, 1.82) is 0 Å². The zero-order valence-electron chi connectivity index (χ0n) is 19.2. The maximum atomic E-state index is 2.71. The van der Waals surface area contributed by atoms with Gasteiger partial charge < -0.3 is 0 Å². The summed E-state index contributed by atoms with van der Waals surface area (Å²) in [7, 11) is 0. The summed E-state index contributed by atoms with van der Waals surface area (Å²) in [6, 6.07) is 11.7. The number of benzene rings is 1. The Morgan fingerprint density at radius 1 is 0.786 bits per heavy atom. The van der Waals surface area contributed by atoms with E-state index in [1.165, 1.54) is 23.2 Å². The molecular formula is C27H38N+. The first-order valence-corrected chi connectivity index (χ1v) is 11.3. The molecule has 0 bridgehead atoms. The molecule has 1 unspecified atom stereocenters. The van der Waals surface area contributed by atoms with E-state index in [9.17, 15) is 0 Å². The van der Waals surface area contributed by atoms with E-state index in [0.717, 1.165) is 19.3 Å². The second-order valence-electron chi connectivity index (χ2n) is 10.8. The largest absolute Gasteiger partial charge is 0.213 e. The molecule has 1 aromatic heterocycles. The molecule has 1 nitrogen and oxygen atoms in total. The number of pyridine rings is 1. The van der Waals surface area contributed by atoms with Gasteiger partial charge in [-0.15, -0.1) is 0 Å². The topological polar surface area (TPSA) is 3.88 Å². The molecule has 1 aliphatic carbocycles. The number of hydrogen-bond donors (Lipinski definition) is 0. The molecule has 28 heavy (non-hydrogen) atoms. The number of rotatable bonds is 3. The first kappa shape index (κ1) is 19.7. The minimum Gasteiger partial charge on any atom is -0.192 e. The molecule has 2 aromatic rings. The lowest BCUT2D eigenvalue weighted by Crippen LogP contribution is -2.69. The molecule has 0 radical (unpaired) electrons. The quantitative estimate of drug-likeness (QED) is 0.519. The Kier molecular flexibility index (Phi) is 4.17. The van der Waals surface area contributed by atoms with Crippen molar-refractivity contribution in [2.24, 2.45) is 0 Å². The lowest BCUT2D eigenvalue weighted by atomic mass is 9.58. The molecule has 0 spiro atoms. The third-order valence-corrected chi connectivity index (χ3v) is 8.59. The van der Waals surface area contributed by atoms with Gasteiger partial charge in [0.1, 0.15) is 0 Å². The van der Waals surface area contributed by atoms with Gasteiger partial charge in [-0.3, -0.25) is 0 Å². The maximum absolute atomic E-state index is 2.71. The SMILES string of the molecule is CCC1(C)c2ccccc2-c2cc3c(c[n+]2C1(CC)CC)C(C)(C)CC3(C)C. The Morgan fingerprint density at radius 3 is 2.00 bits per heavy atom. The van der Waals surface area contributed by atoms with E-state index < -0.39 is 0 Å². The van der Waals surface area contributed by atoms with E-state index >= 15 is 0 Å². The van der Waals surface area contributed by atoms with Crippen molar-refractivity contribution in [2.75, 3.05) is 0 Å². The first-order chi connectivity index (χ1) is 13.1. The average molecular weight is 377 g/mol. The molecule has 4 rings (SSSR count). The summed E-state index contributed by atoms with van der Waals surface area (Å²) in [5, 5.41) is 0. The molecule has 2 heterocycles. The zero-order chi connectivity index (χ0) is 20.5. The molecule has 2 aliphatic rings. The Bertz CT molecular complexity index is 929. The Balaban J connectivity index is 2.15. The number of aromatic nitrogens is 1. The standard InChI is InChI=1S/C27H38N/c1-9-26(8)20-15-13-12-14-19(20)23-16-21-22(25(6,7)18-24(21,4)5)17-28(23)27(26,10-2)11-3/h12-17H,9-11,18H2,1-8H3/q+1. The molecule has 1 aliphatic heterocycles. The van der Waals surface area contributed by atoms with Crippen LogP contribution in [-0.2, 0) is 21.8 Å². The van der Waals surface area contributed by atoms with Crippen LogP contribution in [-0.4, -0.2) is 0 Å². The van der Waals surface area contributed by atoms with Crippen molar-refractivity contribution < 1.29 is 4.57 Å². The zero-order valence-corrected chi connectivity index (χ0v) is 19.2. The summed E-state index contributed by atoms with van der Waals surface area (Å²) in [5.41, 5.74) is 8.23. The Hall–Kier alpha value is -1.63. The summed E-state index contributed by atoms with van der Waals surface area (Å²) in [5.74, 6) is 0. The van der Waals surface area contributed by atoms with E-state index in [1.54, 1.807) is 11.1 Å². The van der Waals surface area contributed by atoms with Crippen molar-refractivity contribution >= 4 is 0 Å². The van der Waals surface area contributed by atoms with Crippen LogP contribution in [0.3, 0.4) is 0 Å². The highest BCUT2D eigenvalue weighted by Gasteiger charge is 2.59. The minimum atomic E-state index is 0.114. The second kappa shape index (κ2) is 5.94. The fourth-order valence-electron chi connectivity index (χ4n) is 7.10. The molecule has 1 atom stereocenters. The van der Waals surface area contributed by atoms with Crippen molar-refractivity contribution in [3.05, 3.63) is 53.2 Å². The van der Waals surface area contributed by atoms with Gasteiger partial charge in [-0.25, -0.2) is 0 Å². The monoisotopic (exact) mass is 376 g/mol. The molecule has 0 saturated heterocycles. The van der Waals surface area contributed by atoms with Gasteiger partial charge >= 0.3 is 0 Å². The van der Waals surface area contributed by atoms with Crippen molar-refractivity contribution in [2.45, 2.75) is 103 Å². The van der Waals surface area contributed by atoms with Crippen molar-refractivity contribution in [3.63, 3.8) is 0 Å². The molecule has 1 aromatic carbocycles. The van der Waals surface area contributed by atoms with Crippen LogP contribution in [0.1, 0.15) is 97.8 Å². The van der Waals surface area contributed by atoms with Crippen LogP contribution >= 0.6 is 0 Å². The molecule has 0 saturated carbocycles. The van der Waals surface area contributed by atoms with E-state index in [2.05, 4.69) is 96.5 Å². The Morgan fingerprint density at radius 2 is 1.39 bits per heavy atom. The van der Waals surface area contributed by atoms with Gasteiger partial charge in [0.15, 0.2) is 11.7 Å². The summed E-state index contributed by atoms with van der Waals surface area (Å²) in [6.45, 7) is 19.4. The van der Waals surface area contributed by atoms with Crippen molar-refractivity contribution in [3.8, 4) is 11.3 Å². The minimum absolute atomic E-state index is 0.114. The third-order valence-electron chi connectivity index (χ3n) is 8.59. The normalized spacial score (nSPS) is 25.7. The van der Waals surface area contributed by atoms with Crippen LogP contribution in [0.4, 0.5) is 0 Å². The summed E-state index contributed by atoms with van der Waals surface area (Å²) < 4.78 is 2.71. The molecule has 0 N–H and O–H groups in total. The fourth-order valence-corrected chi connectivity index (χ4v) is 7.10. The summed E-state index contributed by atoms with van der Waals surface area (Å²) in [4.78, 5) is 0. The summed E-state index contributed by atoms with van der Waals surface area (Å²) in [6.07, 6.45) is 7.25. The maximum Gasteiger partial charge on any atom is 0.213 e. The smallest absolute Gasteiger partial charge is 0.192 e. The lowest BCUT2D eigenvalue weighted by molar-refractivity contribution is -0.770. The molecule has 0 amide bonds. The van der Waals surface area contributed by atoms with E-state index in [1.807, 2.05) is 0 Å². The van der Waals surface area contributed by atoms with Crippen LogP contribution in [0.2, 0.25) is 0 Å². The first-order valence-electron chi connectivity index (χ1n) is 11.3. The predicted octanol–water partition coefficient (Wildman–Crippen LogP) is 6.80. The fraction of sp³-hybridized carbons (Fsp3) is 0.593. The van der Waals surface area contributed by atoms with Crippen LogP contribution in [0.5, 0.6) is 0 Å². The molecule has 1 heteroatoms. The van der Waals surface area contributed by atoms with Gasteiger partial charge in [0.2, 0.25) is 5.69 Å². The highest BCUT2D eigenvalue weighted by atomic mass is 15.1.